The molecule has 1 aromatic carbocycles. The molecule has 142 valence electrons. The van der Waals surface area contributed by atoms with Gasteiger partial charge in [-0.25, -0.2) is 8.42 Å². The molecule has 0 aliphatic carbocycles. The molecule has 11 heteroatoms. The molecule has 0 saturated heterocycles. The Hall–Kier alpha value is -1.17. The Morgan fingerprint density at radius 3 is 2.73 bits per heavy atom. The largest absolute Gasteiger partial charge is 0.299 e. The first-order valence-corrected chi connectivity index (χ1v) is 12.1. The van der Waals surface area contributed by atoms with Crippen LogP contribution in [-0.2, 0) is 14.8 Å². The minimum absolute atomic E-state index is 0.336. The second kappa shape index (κ2) is 9.16. The highest BCUT2D eigenvalue weighted by atomic mass is 79.9. The third-order valence-electron chi connectivity index (χ3n) is 3.20. The Morgan fingerprint density at radius 2 is 2.12 bits per heavy atom. The standard InChI is InChI=1S/C15H19BrN4O3S3/c1-4-7-24-15-19-18-14(25-15)17-13(21)9-20(26(3,22)23)11-5-6-12(16)10(2)8-11/h5-6,8H,4,7,9H2,1-3H3,(H,17,18,21). The van der Waals surface area contributed by atoms with Crippen molar-refractivity contribution in [1.29, 1.82) is 0 Å². The van der Waals surface area contributed by atoms with Gasteiger partial charge >= 0.3 is 0 Å². The molecule has 0 unspecified atom stereocenters. The van der Waals surface area contributed by atoms with Gasteiger partial charge in [-0.3, -0.25) is 14.4 Å². The summed E-state index contributed by atoms with van der Waals surface area (Å²) in [4.78, 5) is 12.3. The zero-order valence-electron chi connectivity index (χ0n) is 14.5. The lowest BCUT2D eigenvalue weighted by molar-refractivity contribution is -0.114. The number of hydrogen-bond acceptors (Lipinski definition) is 7. The van der Waals surface area contributed by atoms with Crippen molar-refractivity contribution in [3.05, 3.63) is 28.2 Å². The van der Waals surface area contributed by atoms with Crippen molar-refractivity contribution >= 4 is 65.8 Å². The van der Waals surface area contributed by atoms with Crippen LogP contribution in [-0.4, -0.2) is 43.1 Å². The van der Waals surface area contributed by atoms with Crippen LogP contribution in [0.5, 0.6) is 0 Å². The first-order valence-electron chi connectivity index (χ1n) is 7.70. The van der Waals surface area contributed by atoms with E-state index in [0.29, 0.717) is 10.8 Å². The maximum Gasteiger partial charge on any atom is 0.246 e. The molecule has 0 aliphatic rings. The lowest BCUT2D eigenvalue weighted by Crippen LogP contribution is -2.37. The molecule has 26 heavy (non-hydrogen) atoms. The van der Waals surface area contributed by atoms with E-state index < -0.39 is 15.9 Å². The third-order valence-corrected chi connectivity index (χ3v) is 7.41. The van der Waals surface area contributed by atoms with Crippen molar-refractivity contribution in [3.8, 4) is 0 Å². The molecule has 0 aliphatic heterocycles. The van der Waals surface area contributed by atoms with Crippen LogP contribution in [0.3, 0.4) is 0 Å². The van der Waals surface area contributed by atoms with Crippen molar-refractivity contribution in [2.75, 3.05) is 28.2 Å². The number of thioether (sulfide) groups is 1. The van der Waals surface area contributed by atoms with Gasteiger partial charge < -0.3 is 0 Å². The zero-order valence-corrected chi connectivity index (χ0v) is 18.6. The van der Waals surface area contributed by atoms with E-state index in [1.165, 1.54) is 11.3 Å². The van der Waals surface area contributed by atoms with E-state index in [4.69, 9.17) is 0 Å². The number of rotatable bonds is 8. The summed E-state index contributed by atoms with van der Waals surface area (Å²) in [7, 11) is -3.62. The Morgan fingerprint density at radius 1 is 1.38 bits per heavy atom. The smallest absolute Gasteiger partial charge is 0.246 e. The second-order valence-electron chi connectivity index (χ2n) is 5.47. The van der Waals surface area contributed by atoms with Gasteiger partial charge in [0.25, 0.3) is 0 Å². The SMILES string of the molecule is CCCSc1nnc(NC(=O)CN(c2ccc(Br)c(C)c2)S(C)(=O)=O)s1. The lowest BCUT2D eigenvalue weighted by Gasteiger charge is -2.22. The predicted molar refractivity (Wildman–Crippen MR) is 111 cm³/mol. The van der Waals surface area contributed by atoms with Crippen LogP contribution >= 0.6 is 39.0 Å². The summed E-state index contributed by atoms with van der Waals surface area (Å²) >= 11 is 6.22. The summed E-state index contributed by atoms with van der Waals surface area (Å²) in [5, 5.41) is 10.9. The monoisotopic (exact) mass is 478 g/mol. The number of nitrogens with zero attached hydrogens (tertiary/aromatic N) is 3. The molecule has 1 N–H and O–H groups in total. The predicted octanol–water partition coefficient (Wildman–Crippen LogP) is 3.52. The van der Waals surface area contributed by atoms with Crippen molar-refractivity contribution in [2.24, 2.45) is 0 Å². The molecule has 1 aromatic heterocycles. The van der Waals surface area contributed by atoms with Crippen LogP contribution < -0.4 is 9.62 Å². The number of benzene rings is 1. The molecule has 0 spiro atoms. The zero-order chi connectivity index (χ0) is 19.3. The molecule has 2 rings (SSSR count). The number of nitrogens with one attached hydrogen (secondary N) is 1. The molecule has 1 amide bonds. The van der Waals surface area contributed by atoms with Gasteiger partial charge in [0, 0.05) is 10.2 Å². The van der Waals surface area contributed by atoms with E-state index in [2.05, 4.69) is 38.4 Å². The Labute approximate surface area is 169 Å². The van der Waals surface area contributed by atoms with E-state index in [0.717, 1.165) is 37.1 Å². The minimum atomic E-state index is -3.62. The quantitative estimate of drug-likeness (QED) is 0.460. The number of aryl methyl sites for hydroxylation is 1. The molecule has 0 fully saturated rings. The summed E-state index contributed by atoms with van der Waals surface area (Å²) in [6.45, 7) is 3.59. The average molecular weight is 479 g/mol. The summed E-state index contributed by atoms with van der Waals surface area (Å²) in [5.41, 5.74) is 1.30. The van der Waals surface area contributed by atoms with E-state index in [1.54, 1.807) is 30.0 Å². The highest BCUT2D eigenvalue weighted by Gasteiger charge is 2.22. The molecule has 0 saturated carbocycles. The third kappa shape index (κ3) is 5.93. The van der Waals surface area contributed by atoms with E-state index in [9.17, 15) is 13.2 Å². The Bertz CT molecular complexity index is 886. The van der Waals surface area contributed by atoms with Gasteiger partial charge in [0.15, 0.2) is 4.34 Å². The molecular weight excluding hydrogens is 460 g/mol. The molecule has 1 heterocycles. The van der Waals surface area contributed by atoms with E-state index in [-0.39, 0.29) is 6.54 Å². The number of anilines is 2. The summed E-state index contributed by atoms with van der Waals surface area (Å²) in [6, 6.07) is 5.11. The number of carbonyl (C=O) groups excluding carboxylic acids is 1. The average Bonchev–Trinajstić information content (AvgIpc) is 2.99. The molecule has 0 bridgehead atoms. The fraction of sp³-hybridized carbons (Fsp3) is 0.400. The number of hydrogen-bond donors (Lipinski definition) is 1. The summed E-state index contributed by atoms with van der Waals surface area (Å²) < 4.78 is 27.0. The maximum atomic E-state index is 12.3. The molecular formula is C15H19BrN4O3S3. The Kier molecular flexibility index (Phi) is 7.44. The number of halogens is 1. The van der Waals surface area contributed by atoms with Crippen molar-refractivity contribution < 1.29 is 13.2 Å². The minimum Gasteiger partial charge on any atom is -0.299 e. The highest BCUT2D eigenvalue weighted by Crippen LogP contribution is 2.27. The van der Waals surface area contributed by atoms with Crippen LogP contribution in [0.4, 0.5) is 10.8 Å². The molecule has 7 nitrogen and oxygen atoms in total. The van der Waals surface area contributed by atoms with Crippen LogP contribution in [0.2, 0.25) is 0 Å². The summed E-state index contributed by atoms with van der Waals surface area (Å²) in [5.74, 6) is 0.451. The van der Waals surface area contributed by atoms with Gasteiger partial charge in [-0.15, -0.1) is 10.2 Å². The van der Waals surface area contributed by atoms with Gasteiger partial charge in [-0.05, 0) is 37.1 Å². The van der Waals surface area contributed by atoms with Crippen LogP contribution in [0.15, 0.2) is 27.0 Å². The molecule has 2 aromatic rings. The van der Waals surface area contributed by atoms with Gasteiger partial charge in [0.1, 0.15) is 6.54 Å². The highest BCUT2D eigenvalue weighted by molar-refractivity contribution is 9.10. The fourth-order valence-corrected chi connectivity index (χ4v) is 4.77. The number of carbonyl (C=O) groups is 1. The first kappa shape index (κ1) is 21.1. The lowest BCUT2D eigenvalue weighted by atomic mass is 10.2. The maximum absolute atomic E-state index is 12.3. The summed E-state index contributed by atoms with van der Waals surface area (Å²) in [6.07, 6.45) is 2.09. The van der Waals surface area contributed by atoms with E-state index >= 15 is 0 Å². The molecule has 0 radical (unpaired) electrons. The molecule has 0 atom stereocenters. The van der Waals surface area contributed by atoms with Gasteiger partial charge in [-0.1, -0.05) is 46.0 Å². The number of aromatic nitrogens is 2. The van der Waals surface area contributed by atoms with Crippen molar-refractivity contribution in [3.63, 3.8) is 0 Å². The van der Waals surface area contributed by atoms with Crippen LogP contribution in [0, 0.1) is 6.92 Å². The number of amides is 1. The Balaban J connectivity index is 2.12. The topological polar surface area (TPSA) is 92.3 Å². The number of sulfonamides is 1. The fourth-order valence-electron chi connectivity index (χ4n) is 1.98. The van der Waals surface area contributed by atoms with Crippen molar-refractivity contribution in [2.45, 2.75) is 24.6 Å². The van der Waals surface area contributed by atoms with E-state index in [1.807, 2.05) is 6.92 Å². The van der Waals surface area contributed by atoms with Crippen molar-refractivity contribution in [1.82, 2.24) is 10.2 Å². The normalized spacial score (nSPS) is 11.4. The van der Waals surface area contributed by atoms with Crippen LogP contribution in [0.25, 0.3) is 0 Å². The van der Waals surface area contributed by atoms with Gasteiger partial charge in [0.2, 0.25) is 21.1 Å². The first-order chi connectivity index (χ1) is 12.2. The second-order valence-corrected chi connectivity index (χ2v) is 10.6. The van der Waals surface area contributed by atoms with Gasteiger partial charge in [0.05, 0.1) is 11.9 Å². The van der Waals surface area contributed by atoms with Gasteiger partial charge in [-0.2, -0.15) is 0 Å². The van der Waals surface area contributed by atoms with Crippen LogP contribution in [0.1, 0.15) is 18.9 Å².